The SMILES string of the molecule is C=C(F)/C=C(/CC1(CN)CCC1)C(=C)F. The third kappa shape index (κ3) is 2.99. The van der Waals surface area contributed by atoms with Crippen molar-refractivity contribution in [2.24, 2.45) is 11.1 Å². The molecule has 1 saturated carbocycles. The van der Waals surface area contributed by atoms with Crippen molar-refractivity contribution in [2.45, 2.75) is 25.7 Å². The summed E-state index contributed by atoms with van der Waals surface area (Å²) in [6.07, 6.45) is 4.64. The van der Waals surface area contributed by atoms with E-state index in [-0.39, 0.29) is 11.0 Å². The minimum atomic E-state index is -0.643. The van der Waals surface area contributed by atoms with Crippen LogP contribution in [0.3, 0.4) is 0 Å². The van der Waals surface area contributed by atoms with E-state index in [4.69, 9.17) is 5.73 Å². The van der Waals surface area contributed by atoms with Crippen molar-refractivity contribution in [3.63, 3.8) is 0 Å². The molecule has 0 saturated heterocycles. The van der Waals surface area contributed by atoms with Crippen molar-refractivity contribution in [1.82, 2.24) is 0 Å². The first-order valence-electron chi connectivity index (χ1n) is 5.09. The average molecular weight is 213 g/mol. The highest BCUT2D eigenvalue weighted by Gasteiger charge is 2.36. The van der Waals surface area contributed by atoms with E-state index in [9.17, 15) is 8.78 Å². The molecule has 0 unspecified atom stereocenters. The summed E-state index contributed by atoms with van der Waals surface area (Å²) in [6, 6.07) is 0. The minimum absolute atomic E-state index is 0.0453. The van der Waals surface area contributed by atoms with E-state index >= 15 is 0 Å². The molecule has 1 rings (SSSR count). The Morgan fingerprint density at radius 3 is 2.20 bits per heavy atom. The van der Waals surface area contributed by atoms with Crippen LogP contribution in [0.25, 0.3) is 0 Å². The van der Waals surface area contributed by atoms with Gasteiger partial charge in [0.2, 0.25) is 0 Å². The summed E-state index contributed by atoms with van der Waals surface area (Å²) in [5.74, 6) is -1.23. The summed E-state index contributed by atoms with van der Waals surface area (Å²) in [5.41, 5.74) is 5.89. The van der Waals surface area contributed by atoms with Crippen molar-refractivity contribution in [2.75, 3.05) is 6.54 Å². The summed E-state index contributed by atoms with van der Waals surface area (Å²) in [7, 11) is 0. The van der Waals surface area contributed by atoms with Gasteiger partial charge in [0, 0.05) is 0 Å². The summed E-state index contributed by atoms with van der Waals surface area (Å²) in [5, 5.41) is 0. The molecule has 0 spiro atoms. The molecule has 0 heterocycles. The van der Waals surface area contributed by atoms with E-state index in [0.717, 1.165) is 25.3 Å². The fourth-order valence-corrected chi connectivity index (χ4v) is 1.95. The fourth-order valence-electron chi connectivity index (χ4n) is 1.95. The molecule has 0 aliphatic heterocycles. The molecule has 0 amide bonds. The van der Waals surface area contributed by atoms with Gasteiger partial charge < -0.3 is 5.73 Å². The van der Waals surface area contributed by atoms with E-state index < -0.39 is 11.7 Å². The van der Waals surface area contributed by atoms with Gasteiger partial charge in [-0.1, -0.05) is 19.6 Å². The van der Waals surface area contributed by atoms with E-state index in [1.54, 1.807) is 0 Å². The van der Waals surface area contributed by atoms with Crippen LogP contribution in [-0.2, 0) is 0 Å². The Balaban J connectivity index is 2.74. The summed E-state index contributed by atoms with van der Waals surface area (Å²) in [6.45, 7) is 6.81. The number of nitrogens with two attached hydrogens (primary N) is 1. The van der Waals surface area contributed by atoms with Crippen LogP contribution in [0.1, 0.15) is 25.7 Å². The van der Waals surface area contributed by atoms with Crippen LogP contribution in [0.2, 0.25) is 0 Å². The molecule has 0 aromatic rings. The molecule has 1 aliphatic rings. The first-order chi connectivity index (χ1) is 6.99. The Labute approximate surface area is 89.3 Å². The molecule has 0 radical (unpaired) electrons. The molecule has 0 aromatic carbocycles. The highest BCUT2D eigenvalue weighted by Crippen LogP contribution is 2.46. The Kier molecular flexibility index (Phi) is 3.80. The predicted molar refractivity (Wildman–Crippen MR) is 58.5 cm³/mol. The second-order valence-corrected chi connectivity index (χ2v) is 4.26. The average Bonchev–Trinajstić information content (AvgIpc) is 2.08. The molecule has 84 valence electrons. The first kappa shape index (κ1) is 12.1. The van der Waals surface area contributed by atoms with Gasteiger partial charge >= 0.3 is 0 Å². The van der Waals surface area contributed by atoms with Crippen LogP contribution < -0.4 is 5.73 Å². The van der Waals surface area contributed by atoms with Crippen LogP contribution in [0.5, 0.6) is 0 Å². The maximum Gasteiger partial charge on any atom is 0.119 e. The van der Waals surface area contributed by atoms with E-state index in [1.165, 1.54) is 0 Å². The molecule has 0 atom stereocenters. The van der Waals surface area contributed by atoms with Crippen molar-refractivity contribution < 1.29 is 8.78 Å². The molecule has 1 aliphatic carbocycles. The molecule has 3 heteroatoms. The van der Waals surface area contributed by atoms with E-state index in [0.29, 0.717) is 13.0 Å². The fraction of sp³-hybridized carbons (Fsp3) is 0.500. The maximum absolute atomic E-state index is 13.0. The van der Waals surface area contributed by atoms with Gasteiger partial charge in [-0.3, -0.25) is 0 Å². The molecule has 1 nitrogen and oxygen atoms in total. The lowest BCUT2D eigenvalue weighted by Crippen LogP contribution is -2.37. The van der Waals surface area contributed by atoms with Crippen LogP contribution in [0.15, 0.2) is 36.5 Å². The molecule has 1 fully saturated rings. The van der Waals surface area contributed by atoms with Gasteiger partial charge in [0.1, 0.15) is 11.7 Å². The van der Waals surface area contributed by atoms with Crippen LogP contribution in [0.4, 0.5) is 8.78 Å². The zero-order valence-electron chi connectivity index (χ0n) is 8.86. The van der Waals surface area contributed by atoms with Crippen LogP contribution >= 0.6 is 0 Å². The zero-order chi connectivity index (χ0) is 11.5. The quantitative estimate of drug-likeness (QED) is 0.696. The van der Waals surface area contributed by atoms with E-state index in [2.05, 4.69) is 13.2 Å². The topological polar surface area (TPSA) is 26.0 Å². The maximum atomic E-state index is 13.0. The molecule has 2 N–H and O–H groups in total. The molecular weight excluding hydrogens is 196 g/mol. The number of hydrogen-bond donors (Lipinski definition) is 1. The lowest BCUT2D eigenvalue weighted by molar-refractivity contribution is 0.144. The van der Waals surface area contributed by atoms with Gasteiger partial charge in [-0.15, -0.1) is 0 Å². The smallest absolute Gasteiger partial charge is 0.119 e. The Morgan fingerprint density at radius 2 is 1.93 bits per heavy atom. The minimum Gasteiger partial charge on any atom is -0.330 e. The van der Waals surface area contributed by atoms with Gasteiger partial charge in [0.05, 0.1) is 0 Å². The normalized spacial score (nSPS) is 19.5. The van der Waals surface area contributed by atoms with Crippen molar-refractivity contribution in [3.8, 4) is 0 Å². The number of hydrogen-bond acceptors (Lipinski definition) is 1. The molecule has 0 bridgehead atoms. The van der Waals surface area contributed by atoms with Crippen LogP contribution in [-0.4, -0.2) is 6.54 Å². The van der Waals surface area contributed by atoms with Crippen molar-refractivity contribution in [1.29, 1.82) is 0 Å². The number of rotatable bonds is 5. The standard InChI is InChI=1S/C12H17F2N/c1-9(13)6-11(10(2)14)7-12(8-15)4-3-5-12/h6H,1-5,7-8,15H2/b11-6-. The first-order valence-corrected chi connectivity index (χ1v) is 5.09. The van der Waals surface area contributed by atoms with Gasteiger partial charge in [-0.05, 0) is 42.9 Å². The summed E-state index contributed by atoms with van der Waals surface area (Å²) in [4.78, 5) is 0. The van der Waals surface area contributed by atoms with Gasteiger partial charge in [0.15, 0.2) is 0 Å². The van der Waals surface area contributed by atoms with E-state index in [1.807, 2.05) is 0 Å². The lowest BCUT2D eigenvalue weighted by atomic mass is 9.65. The second-order valence-electron chi connectivity index (χ2n) is 4.26. The van der Waals surface area contributed by atoms with Crippen LogP contribution in [0, 0.1) is 5.41 Å². The van der Waals surface area contributed by atoms with Gasteiger partial charge in [-0.2, -0.15) is 0 Å². The number of allylic oxidation sites excluding steroid dienone is 4. The molecule has 0 aromatic heterocycles. The highest BCUT2D eigenvalue weighted by atomic mass is 19.1. The summed E-state index contributed by atoms with van der Waals surface area (Å²) < 4.78 is 25.6. The van der Waals surface area contributed by atoms with Crippen molar-refractivity contribution in [3.05, 3.63) is 36.5 Å². The lowest BCUT2D eigenvalue weighted by Gasteiger charge is -2.41. The summed E-state index contributed by atoms with van der Waals surface area (Å²) >= 11 is 0. The largest absolute Gasteiger partial charge is 0.330 e. The zero-order valence-corrected chi connectivity index (χ0v) is 8.86. The second kappa shape index (κ2) is 4.71. The molecule has 15 heavy (non-hydrogen) atoms. The highest BCUT2D eigenvalue weighted by molar-refractivity contribution is 5.30. The molecular formula is C12H17F2N. The Hall–Kier alpha value is -0.960. The Bertz CT molecular complexity index is 295. The third-order valence-corrected chi connectivity index (χ3v) is 3.09. The van der Waals surface area contributed by atoms with Gasteiger partial charge in [0.25, 0.3) is 0 Å². The van der Waals surface area contributed by atoms with Crippen molar-refractivity contribution >= 4 is 0 Å². The predicted octanol–water partition coefficient (Wildman–Crippen LogP) is 3.40. The number of halogens is 2. The van der Waals surface area contributed by atoms with Gasteiger partial charge in [-0.25, -0.2) is 8.78 Å². The monoisotopic (exact) mass is 213 g/mol. The Morgan fingerprint density at radius 1 is 1.33 bits per heavy atom. The third-order valence-electron chi connectivity index (χ3n) is 3.09.